The van der Waals surface area contributed by atoms with Crippen LogP contribution in [-0.2, 0) is 6.54 Å². The zero-order valence-electron chi connectivity index (χ0n) is 9.84. The molecule has 0 aromatic heterocycles. The van der Waals surface area contributed by atoms with E-state index in [0.717, 1.165) is 18.7 Å². The van der Waals surface area contributed by atoms with Gasteiger partial charge in [-0.1, -0.05) is 12.1 Å². The molecule has 4 nitrogen and oxygen atoms in total. The van der Waals surface area contributed by atoms with E-state index in [4.69, 9.17) is 15.5 Å². The Morgan fingerprint density at radius 2 is 1.76 bits per heavy atom. The zero-order chi connectivity index (χ0) is 12.5. The first-order chi connectivity index (χ1) is 8.30. The molecule has 92 valence electrons. The van der Waals surface area contributed by atoms with Gasteiger partial charge in [-0.05, 0) is 24.1 Å². The minimum atomic E-state index is 0.113. The summed E-state index contributed by atoms with van der Waals surface area (Å²) in [6.07, 6.45) is 0.705. The molecule has 0 radical (unpaired) electrons. The molecule has 0 aliphatic rings. The van der Waals surface area contributed by atoms with Crippen LogP contribution in [0.4, 0.5) is 0 Å². The average molecular weight is 234 g/mol. The van der Waals surface area contributed by atoms with Crippen molar-refractivity contribution in [1.82, 2.24) is 4.90 Å². The largest absolute Gasteiger partial charge is 0.396 e. The number of hydrogen-bond donors (Lipinski definition) is 2. The van der Waals surface area contributed by atoms with Gasteiger partial charge in [-0.25, -0.2) is 0 Å². The lowest BCUT2D eigenvalue weighted by molar-refractivity contribution is 0.174. The third-order valence-corrected chi connectivity index (χ3v) is 2.54. The van der Waals surface area contributed by atoms with E-state index in [9.17, 15) is 0 Å². The number of aliphatic hydroxyl groups excluding tert-OH is 2. The minimum absolute atomic E-state index is 0.113. The smallest absolute Gasteiger partial charge is 0.0991 e. The number of rotatable bonds is 7. The van der Waals surface area contributed by atoms with Gasteiger partial charge in [0.2, 0.25) is 0 Å². The normalized spacial score (nSPS) is 10.5. The van der Waals surface area contributed by atoms with E-state index < -0.39 is 0 Å². The van der Waals surface area contributed by atoms with Gasteiger partial charge in [0.05, 0.1) is 18.2 Å². The van der Waals surface area contributed by atoms with Crippen molar-refractivity contribution < 1.29 is 10.2 Å². The fourth-order valence-electron chi connectivity index (χ4n) is 1.65. The molecule has 4 heteroatoms. The molecule has 0 fully saturated rings. The van der Waals surface area contributed by atoms with Gasteiger partial charge in [-0.15, -0.1) is 0 Å². The number of nitrogens with zero attached hydrogens (tertiary/aromatic N) is 2. The molecular weight excluding hydrogens is 216 g/mol. The summed E-state index contributed by atoms with van der Waals surface area (Å²) < 4.78 is 0. The Morgan fingerprint density at radius 1 is 1.06 bits per heavy atom. The lowest BCUT2D eigenvalue weighted by atomic mass is 10.1. The van der Waals surface area contributed by atoms with Crippen LogP contribution in [0, 0.1) is 11.3 Å². The number of nitriles is 1. The van der Waals surface area contributed by atoms with Crippen LogP contribution in [0.5, 0.6) is 0 Å². The SMILES string of the molecule is N#Cc1ccc(CN(CCO)CCCO)cc1. The topological polar surface area (TPSA) is 67.5 Å². The Morgan fingerprint density at radius 3 is 2.29 bits per heavy atom. The number of hydrogen-bond acceptors (Lipinski definition) is 4. The molecule has 0 amide bonds. The van der Waals surface area contributed by atoms with Crippen LogP contribution in [0.15, 0.2) is 24.3 Å². The van der Waals surface area contributed by atoms with Crippen molar-refractivity contribution in [3.05, 3.63) is 35.4 Å². The highest BCUT2D eigenvalue weighted by molar-refractivity contribution is 5.31. The van der Waals surface area contributed by atoms with Gasteiger partial charge in [0.25, 0.3) is 0 Å². The molecule has 0 atom stereocenters. The average Bonchev–Trinajstić information content (AvgIpc) is 2.37. The molecule has 0 unspecified atom stereocenters. The lowest BCUT2D eigenvalue weighted by Crippen LogP contribution is -2.28. The van der Waals surface area contributed by atoms with E-state index in [1.165, 1.54) is 0 Å². The monoisotopic (exact) mass is 234 g/mol. The summed E-state index contributed by atoms with van der Waals surface area (Å²) in [4.78, 5) is 2.08. The molecule has 0 saturated carbocycles. The van der Waals surface area contributed by atoms with Crippen LogP contribution in [0.3, 0.4) is 0 Å². The highest BCUT2D eigenvalue weighted by Gasteiger charge is 2.05. The van der Waals surface area contributed by atoms with Gasteiger partial charge in [-0.2, -0.15) is 5.26 Å². The van der Waals surface area contributed by atoms with Gasteiger partial charge in [0.1, 0.15) is 0 Å². The van der Waals surface area contributed by atoms with E-state index in [1.54, 1.807) is 12.1 Å². The number of benzene rings is 1. The van der Waals surface area contributed by atoms with Gasteiger partial charge >= 0.3 is 0 Å². The second-order valence-corrected chi connectivity index (χ2v) is 3.89. The first kappa shape index (κ1) is 13.7. The van der Waals surface area contributed by atoms with Gasteiger partial charge in [0.15, 0.2) is 0 Å². The highest BCUT2D eigenvalue weighted by Crippen LogP contribution is 2.07. The molecule has 1 rings (SSSR count). The van der Waals surface area contributed by atoms with Crippen molar-refractivity contribution in [2.24, 2.45) is 0 Å². The van der Waals surface area contributed by atoms with E-state index in [0.29, 0.717) is 18.5 Å². The fourth-order valence-corrected chi connectivity index (χ4v) is 1.65. The third kappa shape index (κ3) is 4.96. The van der Waals surface area contributed by atoms with Crippen molar-refractivity contribution in [1.29, 1.82) is 5.26 Å². The van der Waals surface area contributed by atoms with Crippen molar-refractivity contribution in [3.8, 4) is 6.07 Å². The molecule has 1 aromatic rings. The van der Waals surface area contributed by atoms with E-state index in [2.05, 4.69) is 11.0 Å². The van der Waals surface area contributed by atoms with E-state index in [1.807, 2.05) is 12.1 Å². The predicted octanol–water partition coefficient (Wildman–Crippen LogP) is 0.735. The molecule has 1 aromatic carbocycles. The second kappa shape index (κ2) is 7.80. The van der Waals surface area contributed by atoms with E-state index >= 15 is 0 Å². The Labute approximate surface area is 102 Å². The maximum absolute atomic E-state index is 8.95. The number of aliphatic hydroxyl groups is 2. The summed E-state index contributed by atoms with van der Waals surface area (Å²) in [5.41, 5.74) is 1.76. The van der Waals surface area contributed by atoms with Crippen molar-refractivity contribution in [3.63, 3.8) is 0 Å². The standard InChI is InChI=1S/C13H18N2O2/c14-10-12-2-4-13(5-3-12)11-15(7-9-17)6-1-8-16/h2-5,16-17H,1,6-9,11H2. The van der Waals surface area contributed by atoms with Gasteiger partial charge in [-0.3, -0.25) is 4.90 Å². The summed E-state index contributed by atoms with van der Waals surface area (Å²) in [6.45, 7) is 2.36. The third-order valence-electron chi connectivity index (χ3n) is 2.54. The fraction of sp³-hybridized carbons (Fsp3) is 0.462. The van der Waals surface area contributed by atoms with Gasteiger partial charge < -0.3 is 10.2 Å². The predicted molar refractivity (Wildman–Crippen MR) is 65.2 cm³/mol. The first-order valence-electron chi connectivity index (χ1n) is 5.73. The molecule has 0 bridgehead atoms. The molecule has 0 heterocycles. The molecule has 0 aliphatic heterocycles. The van der Waals surface area contributed by atoms with Crippen LogP contribution in [-0.4, -0.2) is 41.4 Å². The summed E-state index contributed by atoms with van der Waals surface area (Å²) in [6, 6.07) is 9.50. The Hall–Kier alpha value is -1.41. The van der Waals surface area contributed by atoms with Crippen LogP contribution < -0.4 is 0 Å². The maximum Gasteiger partial charge on any atom is 0.0991 e. The Balaban J connectivity index is 2.55. The summed E-state index contributed by atoms with van der Waals surface area (Å²) in [7, 11) is 0. The summed E-state index contributed by atoms with van der Waals surface area (Å²) in [5.74, 6) is 0. The Bertz CT molecular complexity index is 357. The van der Waals surface area contributed by atoms with Crippen LogP contribution in [0.25, 0.3) is 0 Å². The first-order valence-corrected chi connectivity index (χ1v) is 5.73. The molecule has 0 spiro atoms. The van der Waals surface area contributed by atoms with Crippen LogP contribution in [0.2, 0.25) is 0 Å². The van der Waals surface area contributed by atoms with Crippen molar-refractivity contribution in [2.75, 3.05) is 26.3 Å². The summed E-state index contributed by atoms with van der Waals surface area (Å²) >= 11 is 0. The minimum Gasteiger partial charge on any atom is -0.396 e. The van der Waals surface area contributed by atoms with Crippen molar-refractivity contribution >= 4 is 0 Å². The van der Waals surface area contributed by atoms with E-state index in [-0.39, 0.29) is 13.2 Å². The summed E-state index contributed by atoms with van der Waals surface area (Å²) in [5, 5.41) is 26.4. The van der Waals surface area contributed by atoms with Gasteiger partial charge in [0, 0.05) is 26.2 Å². The van der Waals surface area contributed by atoms with Crippen LogP contribution >= 0.6 is 0 Å². The second-order valence-electron chi connectivity index (χ2n) is 3.89. The molecule has 0 saturated heterocycles. The molecule has 2 N–H and O–H groups in total. The zero-order valence-corrected chi connectivity index (χ0v) is 9.84. The quantitative estimate of drug-likeness (QED) is 0.730. The molecule has 17 heavy (non-hydrogen) atoms. The molecular formula is C13H18N2O2. The molecule has 0 aliphatic carbocycles. The Kier molecular flexibility index (Phi) is 6.26. The maximum atomic E-state index is 8.95. The van der Waals surface area contributed by atoms with Crippen LogP contribution in [0.1, 0.15) is 17.5 Å². The highest BCUT2D eigenvalue weighted by atomic mass is 16.3. The van der Waals surface area contributed by atoms with Crippen molar-refractivity contribution in [2.45, 2.75) is 13.0 Å². The lowest BCUT2D eigenvalue weighted by Gasteiger charge is -2.20.